The normalized spacial score (nSPS) is 28.9. The fourth-order valence-electron chi connectivity index (χ4n) is 1.58. The third kappa shape index (κ3) is 1.26. The van der Waals surface area contributed by atoms with Crippen LogP contribution in [0.3, 0.4) is 0 Å². The summed E-state index contributed by atoms with van der Waals surface area (Å²) in [6, 6.07) is 0. The van der Waals surface area contributed by atoms with Crippen LogP contribution in [0, 0.1) is 0 Å². The van der Waals surface area contributed by atoms with Gasteiger partial charge in [0.15, 0.2) is 5.79 Å². The third-order valence-corrected chi connectivity index (χ3v) is 2.28. The van der Waals surface area contributed by atoms with E-state index in [2.05, 4.69) is 0 Å². The molecule has 3 heteroatoms. The summed E-state index contributed by atoms with van der Waals surface area (Å²) in [6.45, 7) is 1.46. The van der Waals surface area contributed by atoms with Crippen molar-refractivity contribution in [3.63, 3.8) is 0 Å². The van der Waals surface area contributed by atoms with Gasteiger partial charge in [0.1, 0.15) is 0 Å². The van der Waals surface area contributed by atoms with Crippen LogP contribution in [-0.2, 0) is 9.47 Å². The van der Waals surface area contributed by atoms with E-state index >= 15 is 0 Å². The molecule has 2 N–H and O–H groups in total. The van der Waals surface area contributed by atoms with Crippen molar-refractivity contribution < 1.29 is 9.47 Å². The summed E-state index contributed by atoms with van der Waals surface area (Å²) in [5, 5.41) is 0. The molecule has 1 spiro atoms. The van der Waals surface area contributed by atoms with Crippen LogP contribution < -0.4 is 5.73 Å². The van der Waals surface area contributed by atoms with Gasteiger partial charge in [-0.3, -0.25) is 0 Å². The number of hydrogen-bond donors (Lipinski definition) is 1. The highest BCUT2D eigenvalue weighted by molar-refractivity contribution is 5.05. The van der Waals surface area contributed by atoms with Gasteiger partial charge in [0.25, 0.3) is 0 Å². The van der Waals surface area contributed by atoms with Gasteiger partial charge < -0.3 is 15.2 Å². The molecule has 0 unspecified atom stereocenters. The maximum atomic E-state index is 5.64. The van der Waals surface area contributed by atoms with Crippen LogP contribution in [0.25, 0.3) is 0 Å². The van der Waals surface area contributed by atoms with Crippen molar-refractivity contribution in [1.82, 2.24) is 0 Å². The predicted molar refractivity (Wildman–Crippen MR) is 40.8 cm³/mol. The largest absolute Gasteiger partial charge is 0.402 e. The van der Waals surface area contributed by atoms with Gasteiger partial charge in [-0.1, -0.05) is 6.08 Å². The Morgan fingerprint density at radius 3 is 2.64 bits per heavy atom. The number of ether oxygens (including phenoxy) is 2. The molecule has 1 aliphatic heterocycles. The molecular weight excluding hydrogens is 142 g/mol. The zero-order chi connectivity index (χ0) is 7.73. The standard InChI is InChI=1S/C8H13NO2/c9-7-1-3-8(4-2-7)10-5-6-11-8/h1H,2-6,9H2. The lowest BCUT2D eigenvalue weighted by molar-refractivity contribution is -0.161. The average molecular weight is 155 g/mol. The highest BCUT2D eigenvalue weighted by Gasteiger charge is 2.36. The maximum absolute atomic E-state index is 5.64. The molecule has 2 aliphatic rings. The predicted octanol–water partition coefficient (Wildman–Crippen LogP) is 0.756. The van der Waals surface area contributed by atoms with Gasteiger partial charge in [0.05, 0.1) is 13.2 Å². The smallest absolute Gasteiger partial charge is 0.172 e. The molecule has 0 aromatic rings. The Bertz CT molecular complexity index is 183. The van der Waals surface area contributed by atoms with E-state index in [0.717, 1.165) is 38.2 Å². The fraction of sp³-hybridized carbons (Fsp3) is 0.750. The van der Waals surface area contributed by atoms with Crippen molar-refractivity contribution in [2.45, 2.75) is 25.0 Å². The fourth-order valence-corrected chi connectivity index (χ4v) is 1.58. The highest BCUT2D eigenvalue weighted by Crippen LogP contribution is 2.33. The van der Waals surface area contributed by atoms with Gasteiger partial charge >= 0.3 is 0 Å². The monoisotopic (exact) mass is 155 g/mol. The van der Waals surface area contributed by atoms with Crippen LogP contribution in [0.2, 0.25) is 0 Å². The molecular formula is C8H13NO2. The molecule has 1 aliphatic carbocycles. The summed E-state index contributed by atoms with van der Waals surface area (Å²) in [7, 11) is 0. The molecule has 0 saturated carbocycles. The molecule has 0 aromatic carbocycles. The van der Waals surface area contributed by atoms with Crippen molar-refractivity contribution in [3.8, 4) is 0 Å². The Labute approximate surface area is 66.2 Å². The topological polar surface area (TPSA) is 44.5 Å². The van der Waals surface area contributed by atoms with Gasteiger partial charge in [0.2, 0.25) is 0 Å². The van der Waals surface area contributed by atoms with Crippen LogP contribution >= 0.6 is 0 Å². The SMILES string of the molecule is NC1=CCC2(CC1)OCCO2. The summed E-state index contributed by atoms with van der Waals surface area (Å²) in [6.07, 6.45) is 4.64. The zero-order valence-electron chi connectivity index (χ0n) is 6.51. The minimum absolute atomic E-state index is 0.303. The third-order valence-electron chi connectivity index (χ3n) is 2.28. The molecule has 1 saturated heterocycles. The van der Waals surface area contributed by atoms with E-state index in [0.29, 0.717) is 0 Å². The van der Waals surface area contributed by atoms with Crippen molar-refractivity contribution in [3.05, 3.63) is 11.8 Å². The first-order valence-corrected chi connectivity index (χ1v) is 4.03. The van der Waals surface area contributed by atoms with Gasteiger partial charge in [-0.25, -0.2) is 0 Å². The second kappa shape index (κ2) is 2.50. The molecule has 0 amide bonds. The Hall–Kier alpha value is -0.540. The van der Waals surface area contributed by atoms with Gasteiger partial charge in [-0.15, -0.1) is 0 Å². The summed E-state index contributed by atoms with van der Waals surface area (Å²) in [5.74, 6) is -0.303. The van der Waals surface area contributed by atoms with Crippen molar-refractivity contribution in [2.75, 3.05) is 13.2 Å². The van der Waals surface area contributed by atoms with Gasteiger partial charge in [0, 0.05) is 18.5 Å². The van der Waals surface area contributed by atoms with E-state index in [1.165, 1.54) is 0 Å². The molecule has 0 atom stereocenters. The zero-order valence-corrected chi connectivity index (χ0v) is 6.51. The van der Waals surface area contributed by atoms with E-state index in [9.17, 15) is 0 Å². The molecule has 2 rings (SSSR count). The summed E-state index contributed by atoms with van der Waals surface area (Å²) in [4.78, 5) is 0. The summed E-state index contributed by atoms with van der Waals surface area (Å²) >= 11 is 0. The molecule has 0 aromatic heterocycles. The Morgan fingerprint density at radius 2 is 2.09 bits per heavy atom. The molecule has 11 heavy (non-hydrogen) atoms. The lowest BCUT2D eigenvalue weighted by atomic mass is 9.98. The van der Waals surface area contributed by atoms with Crippen molar-refractivity contribution >= 4 is 0 Å². The average Bonchev–Trinajstić information content (AvgIpc) is 2.45. The molecule has 62 valence electrons. The molecule has 1 heterocycles. The number of rotatable bonds is 0. The highest BCUT2D eigenvalue weighted by atomic mass is 16.7. The van der Waals surface area contributed by atoms with Crippen LogP contribution in [0.4, 0.5) is 0 Å². The van der Waals surface area contributed by atoms with Crippen LogP contribution in [0.1, 0.15) is 19.3 Å². The number of hydrogen-bond acceptors (Lipinski definition) is 3. The lowest BCUT2D eigenvalue weighted by Crippen LogP contribution is -2.32. The summed E-state index contributed by atoms with van der Waals surface area (Å²) < 4.78 is 11.0. The number of allylic oxidation sites excluding steroid dienone is 1. The molecule has 3 nitrogen and oxygen atoms in total. The van der Waals surface area contributed by atoms with Crippen LogP contribution in [-0.4, -0.2) is 19.0 Å². The molecule has 1 fully saturated rings. The first-order chi connectivity index (χ1) is 5.31. The van der Waals surface area contributed by atoms with E-state index in [4.69, 9.17) is 15.2 Å². The minimum atomic E-state index is -0.303. The van der Waals surface area contributed by atoms with E-state index in [1.807, 2.05) is 6.08 Å². The quantitative estimate of drug-likeness (QED) is 0.561. The lowest BCUT2D eigenvalue weighted by Gasteiger charge is -2.29. The minimum Gasteiger partial charge on any atom is -0.402 e. The Balaban J connectivity index is 2.06. The van der Waals surface area contributed by atoms with Crippen molar-refractivity contribution in [1.29, 1.82) is 0 Å². The molecule has 0 bridgehead atoms. The number of nitrogens with two attached hydrogens (primary N) is 1. The first kappa shape index (κ1) is 7.13. The van der Waals surface area contributed by atoms with Gasteiger partial charge in [-0.05, 0) is 6.42 Å². The van der Waals surface area contributed by atoms with Gasteiger partial charge in [-0.2, -0.15) is 0 Å². The maximum Gasteiger partial charge on any atom is 0.172 e. The summed E-state index contributed by atoms with van der Waals surface area (Å²) in [5.41, 5.74) is 6.60. The van der Waals surface area contributed by atoms with Crippen molar-refractivity contribution in [2.24, 2.45) is 5.73 Å². The Morgan fingerprint density at radius 1 is 1.36 bits per heavy atom. The second-order valence-corrected chi connectivity index (χ2v) is 3.09. The van der Waals surface area contributed by atoms with E-state index in [1.54, 1.807) is 0 Å². The Kier molecular flexibility index (Phi) is 1.62. The van der Waals surface area contributed by atoms with E-state index in [-0.39, 0.29) is 5.79 Å². The second-order valence-electron chi connectivity index (χ2n) is 3.09. The molecule has 0 radical (unpaired) electrons. The first-order valence-electron chi connectivity index (χ1n) is 4.03. The van der Waals surface area contributed by atoms with E-state index < -0.39 is 0 Å². The van der Waals surface area contributed by atoms with Crippen LogP contribution in [0.5, 0.6) is 0 Å². The van der Waals surface area contributed by atoms with Crippen LogP contribution in [0.15, 0.2) is 11.8 Å².